The van der Waals surface area contributed by atoms with Crippen LogP contribution in [0.2, 0.25) is 0 Å². The van der Waals surface area contributed by atoms with E-state index in [9.17, 15) is 0 Å². The predicted molar refractivity (Wildman–Crippen MR) is 69.6 cm³/mol. The standard InChI is InChI=1S/C12H12ClN3/c1-8(13)6-16-12-3-2-11(14)10-7-15-5-4-9(10)12/h2-5,7,16H,1,6,14H2. The van der Waals surface area contributed by atoms with E-state index >= 15 is 0 Å². The van der Waals surface area contributed by atoms with Gasteiger partial charge in [-0.05, 0) is 18.2 Å². The van der Waals surface area contributed by atoms with Crippen LogP contribution in [-0.2, 0) is 0 Å². The van der Waals surface area contributed by atoms with Gasteiger partial charge in [0.05, 0.1) is 6.54 Å². The van der Waals surface area contributed by atoms with Crippen molar-refractivity contribution in [1.82, 2.24) is 4.98 Å². The van der Waals surface area contributed by atoms with Gasteiger partial charge in [-0.2, -0.15) is 0 Å². The number of nitrogens with one attached hydrogen (secondary N) is 1. The van der Waals surface area contributed by atoms with Crippen molar-refractivity contribution in [2.75, 3.05) is 17.6 Å². The Morgan fingerprint density at radius 3 is 2.94 bits per heavy atom. The van der Waals surface area contributed by atoms with Crippen LogP contribution in [0.5, 0.6) is 0 Å². The van der Waals surface area contributed by atoms with Gasteiger partial charge in [-0.15, -0.1) is 0 Å². The van der Waals surface area contributed by atoms with Gasteiger partial charge >= 0.3 is 0 Å². The topological polar surface area (TPSA) is 50.9 Å². The molecule has 0 saturated heterocycles. The van der Waals surface area contributed by atoms with Crippen LogP contribution >= 0.6 is 11.6 Å². The summed E-state index contributed by atoms with van der Waals surface area (Å²) in [5.74, 6) is 0. The lowest BCUT2D eigenvalue weighted by molar-refractivity contribution is 1.32. The van der Waals surface area contributed by atoms with Crippen LogP contribution in [0.15, 0.2) is 42.2 Å². The number of nitrogens with two attached hydrogens (primary N) is 1. The van der Waals surface area contributed by atoms with Crippen molar-refractivity contribution in [2.24, 2.45) is 0 Å². The number of halogens is 1. The first kappa shape index (κ1) is 10.8. The maximum absolute atomic E-state index is 5.87. The van der Waals surface area contributed by atoms with Crippen LogP contribution < -0.4 is 11.1 Å². The second-order valence-electron chi connectivity index (χ2n) is 3.49. The lowest BCUT2D eigenvalue weighted by atomic mass is 10.1. The Morgan fingerprint density at radius 1 is 1.38 bits per heavy atom. The summed E-state index contributed by atoms with van der Waals surface area (Å²) in [5, 5.41) is 5.74. The normalized spacial score (nSPS) is 10.3. The molecule has 0 unspecified atom stereocenters. The van der Waals surface area contributed by atoms with Crippen LogP contribution in [0.3, 0.4) is 0 Å². The minimum Gasteiger partial charge on any atom is -0.398 e. The molecule has 1 heterocycles. The number of nitrogens with zero attached hydrogens (tertiary/aromatic N) is 1. The van der Waals surface area contributed by atoms with E-state index in [1.54, 1.807) is 12.4 Å². The zero-order valence-electron chi connectivity index (χ0n) is 8.70. The summed E-state index contributed by atoms with van der Waals surface area (Å²) in [4.78, 5) is 4.06. The first-order valence-corrected chi connectivity index (χ1v) is 5.25. The first-order valence-electron chi connectivity index (χ1n) is 4.88. The molecule has 0 fully saturated rings. The molecule has 0 amide bonds. The summed E-state index contributed by atoms with van der Waals surface area (Å²) in [6.07, 6.45) is 3.49. The molecule has 1 aromatic carbocycles. The van der Waals surface area contributed by atoms with Crippen LogP contribution in [-0.4, -0.2) is 11.5 Å². The summed E-state index contributed by atoms with van der Waals surface area (Å²) in [6, 6.07) is 5.70. The van der Waals surface area contributed by atoms with Gasteiger partial charge in [-0.1, -0.05) is 18.2 Å². The molecule has 2 rings (SSSR count). The number of benzene rings is 1. The number of hydrogen-bond donors (Lipinski definition) is 2. The highest BCUT2D eigenvalue weighted by molar-refractivity contribution is 6.29. The van der Waals surface area contributed by atoms with Gasteiger partial charge in [-0.3, -0.25) is 4.98 Å². The Hall–Kier alpha value is -1.74. The Kier molecular flexibility index (Phi) is 2.97. The molecule has 0 saturated carbocycles. The van der Waals surface area contributed by atoms with Crippen LogP contribution in [0, 0.1) is 0 Å². The van der Waals surface area contributed by atoms with E-state index in [1.165, 1.54) is 0 Å². The summed E-state index contributed by atoms with van der Waals surface area (Å²) in [7, 11) is 0. The zero-order valence-corrected chi connectivity index (χ0v) is 9.46. The van der Waals surface area contributed by atoms with E-state index in [2.05, 4.69) is 16.9 Å². The van der Waals surface area contributed by atoms with E-state index in [-0.39, 0.29) is 0 Å². The van der Waals surface area contributed by atoms with E-state index < -0.39 is 0 Å². The van der Waals surface area contributed by atoms with E-state index in [0.29, 0.717) is 11.6 Å². The SMILES string of the molecule is C=C(Cl)CNc1ccc(N)c2cnccc12. The summed E-state index contributed by atoms with van der Waals surface area (Å²) in [5.41, 5.74) is 7.57. The maximum Gasteiger partial charge on any atom is 0.0502 e. The van der Waals surface area contributed by atoms with Crippen molar-refractivity contribution in [3.05, 3.63) is 42.2 Å². The predicted octanol–water partition coefficient (Wildman–Crippen LogP) is 2.98. The third-order valence-electron chi connectivity index (χ3n) is 2.32. The van der Waals surface area contributed by atoms with Crippen LogP contribution in [0.4, 0.5) is 11.4 Å². The van der Waals surface area contributed by atoms with Crippen molar-refractivity contribution >= 4 is 33.7 Å². The number of hydrogen-bond acceptors (Lipinski definition) is 3. The van der Waals surface area contributed by atoms with Gasteiger partial charge in [0.15, 0.2) is 0 Å². The Balaban J connectivity index is 2.46. The highest BCUT2D eigenvalue weighted by Gasteiger charge is 2.03. The molecule has 3 N–H and O–H groups in total. The maximum atomic E-state index is 5.87. The molecule has 3 nitrogen and oxygen atoms in total. The fourth-order valence-electron chi connectivity index (χ4n) is 1.56. The minimum atomic E-state index is 0.531. The molecule has 4 heteroatoms. The van der Waals surface area contributed by atoms with Crippen LogP contribution in [0.1, 0.15) is 0 Å². The van der Waals surface area contributed by atoms with Crippen molar-refractivity contribution in [1.29, 1.82) is 0 Å². The van der Waals surface area contributed by atoms with Gasteiger partial charge in [0.1, 0.15) is 0 Å². The highest BCUT2D eigenvalue weighted by atomic mass is 35.5. The number of anilines is 2. The van der Waals surface area contributed by atoms with Gasteiger partial charge in [0.2, 0.25) is 0 Å². The average molecular weight is 234 g/mol. The Labute approximate surface area is 98.9 Å². The van der Waals surface area contributed by atoms with Gasteiger partial charge in [0, 0.05) is 39.6 Å². The molecule has 2 aromatic rings. The first-order chi connectivity index (χ1) is 7.68. The highest BCUT2D eigenvalue weighted by Crippen LogP contribution is 2.27. The quantitative estimate of drug-likeness (QED) is 0.802. The second kappa shape index (κ2) is 4.41. The summed E-state index contributed by atoms with van der Waals surface area (Å²) in [6.45, 7) is 4.16. The molecule has 0 aliphatic heterocycles. The number of nitrogen functional groups attached to an aromatic ring is 1. The molecule has 82 valence electrons. The largest absolute Gasteiger partial charge is 0.398 e. The van der Waals surface area contributed by atoms with Gasteiger partial charge < -0.3 is 11.1 Å². The van der Waals surface area contributed by atoms with Crippen molar-refractivity contribution in [3.8, 4) is 0 Å². The third kappa shape index (κ3) is 2.09. The molecule has 16 heavy (non-hydrogen) atoms. The molecule has 0 spiro atoms. The lowest BCUT2D eigenvalue weighted by Crippen LogP contribution is -2.02. The monoisotopic (exact) mass is 233 g/mol. The second-order valence-corrected chi connectivity index (χ2v) is 4.03. The molecule has 0 atom stereocenters. The number of pyridine rings is 1. The third-order valence-corrected chi connectivity index (χ3v) is 2.46. The van der Waals surface area contributed by atoms with Crippen molar-refractivity contribution in [2.45, 2.75) is 0 Å². The zero-order chi connectivity index (χ0) is 11.5. The summed E-state index contributed by atoms with van der Waals surface area (Å²) < 4.78 is 0. The van der Waals surface area contributed by atoms with Crippen molar-refractivity contribution in [3.63, 3.8) is 0 Å². The number of aromatic nitrogens is 1. The minimum absolute atomic E-state index is 0.531. The molecule has 0 aliphatic rings. The summed E-state index contributed by atoms with van der Waals surface area (Å²) >= 11 is 5.72. The molecule has 1 aromatic heterocycles. The fourth-order valence-corrected chi connectivity index (χ4v) is 1.62. The number of rotatable bonds is 3. The average Bonchev–Trinajstić information content (AvgIpc) is 2.28. The smallest absolute Gasteiger partial charge is 0.0502 e. The van der Waals surface area contributed by atoms with E-state index in [4.69, 9.17) is 17.3 Å². The molecular weight excluding hydrogens is 222 g/mol. The van der Waals surface area contributed by atoms with Gasteiger partial charge in [-0.25, -0.2) is 0 Å². The van der Waals surface area contributed by atoms with Crippen molar-refractivity contribution < 1.29 is 0 Å². The van der Waals surface area contributed by atoms with E-state index in [0.717, 1.165) is 22.1 Å². The Bertz CT molecular complexity index is 537. The van der Waals surface area contributed by atoms with E-state index in [1.807, 2.05) is 18.2 Å². The Morgan fingerprint density at radius 2 is 2.19 bits per heavy atom. The lowest BCUT2D eigenvalue weighted by Gasteiger charge is -2.10. The molecule has 0 radical (unpaired) electrons. The molecule has 0 bridgehead atoms. The fraction of sp³-hybridized carbons (Fsp3) is 0.0833. The van der Waals surface area contributed by atoms with Gasteiger partial charge in [0.25, 0.3) is 0 Å². The molecular formula is C12H12ClN3. The number of fused-ring (bicyclic) bond motifs is 1. The van der Waals surface area contributed by atoms with Crippen LogP contribution in [0.25, 0.3) is 10.8 Å². The molecule has 0 aliphatic carbocycles.